The number of hydrogen-bond acceptors (Lipinski definition) is 6. The van der Waals surface area contributed by atoms with E-state index < -0.39 is 4.92 Å². The van der Waals surface area contributed by atoms with Crippen LogP contribution in [0, 0.1) is 16.0 Å². The van der Waals surface area contributed by atoms with Crippen molar-refractivity contribution in [1.29, 1.82) is 0 Å². The minimum Gasteiger partial charge on any atom is -0.374 e. The summed E-state index contributed by atoms with van der Waals surface area (Å²) < 4.78 is 0. The molecule has 1 saturated heterocycles. The molecule has 170 valence electrons. The van der Waals surface area contributed by atoms with Gasteiger partial charge >= 0.3 is 0 Å². The van der Waals surface area contributed by atoms with E-state index in [1.54, 1.807) is 23.9 Å². The largest absolute Gasteiger partial charge is 0.374 e. The topological polar surface area (TPSA) is 87.5 Å². The Labute approximate surface area is 193 Å². The third kappa shape index (κ3) is 7.15. The van der Waals surface area contributed by atoms with Crippen LogP contribution in [0.3, 0.4) is 0 Å². The van der Waals surface area contributed by atoms with Crippen LogP contribution in [0.1, 0.15) is 50.5 Å². The molecule has 1 amide bonds. The normalized spacial score (nSPS) is 20.9. The molecule has 2 atom stereocenters. The number of benzene rings is 1. The van der Waals surface area contributed by atoms with Gasteiger partial charge < -0.3 is 10.6 Å². The van der Waals surface area contributed by atoms with Crippen LogP contribution in [0.4, 0.5) is 5.69 Å². The third-order valence-electron chi connectivity index (χ3n) is 6.24. The summed E-state index contributed by atoms with van der Waals surface area (Å²) in [6.07, 6.45) is 8.38. The van der Waals surface area contributed by atoms with Gasteiger partial charge in [-0.1, -0.05) is 56.5 Å². The van der Waals surface area contributed by atoms with E-state index in [-0.39, 0.29) is 23.7 Å². The van der Waals surface area contributed by atoms with Gasteiger partial charge in [0.15, 0.2) is 0 Å². The lowest BCUT2D eigenvalue weighted by Crippen LogP contribution is -2.51. The number of rotatable bonds is 9. The van der Waals surface area contributed by atoms with E-state index in [0.29, 0.717) is 11.5 Å². The molecule has 2 N–H and O–H groups in total. The summed E-state index contributed by atoms with van der Waals surface area (Å²) in [4.78, 5) is 26.0. The first-order valence-corrected chi connectivity index (χ1v) is 12.6. The Hall–Kier alpha value is -1.71. The number of thioether (sulfide) groups is 1. The Morgan fingerprint density at radius 1 is 1.29 bits per heavy atom. The fourth-order valence-electron chi connectivity index (χ4n) is 4.26. The molecule has 0 unspecified atom stereocenters. The number of hydrogen-bond donors (Lipinski definition) is 2. The predicted octanol–water partition coefficient (Wildman–Crippen LogP) is 3.86. The molecule has 1 aliphatic carbocycles. The van der Waals surface area contributed by atoms with Crippen molar-refractivity contribution in [2.24, 2.45) is 5.92 Å². The second-order valence-electron chi connectivity index (χ2n) is 8.56. The summed E-state index contributed by atoms with van der Waals surface area (Å²) >= 11 is 7.45. The van der Waals surface area contributed by atoms with Crippen LogP contribution >= 0.6 is 24.0 Å². The van der Waals surface area contributed by atoms with E-state index in [9.17, 15) is 14.9 Å². The van der Waals surface area contributed by atoms with E-state index in [4.69, 9.17) is 12.2 Å². The number of carbonyl (C=O) groups is 1. The molecule has 2 aliphatic rings. The highest BCUT2D eigenvalue weighted by Crippen LogP contribution is 2.28. The Balaban J connectivity index is 1.58. The van der Waals surface area contributed by atoms with Crippen molar-refractivity contribution in [3.8, 4) is 0 Å². The van der Waals surface area contributed by atoms with E-state index in [0.717, 1.165) is 36.0 Å². The van der Waals surface area contributed by atoms with Crippen molar-refractivity contribution in [1.82, 2.24) is 15.5 Å². The van der Waals surface area contributed by atoms with Crippen LogP contribution in [-0.2, 0) is 11.3 Å². The molecule has 0 radical (unpaired) electrons. The first-order valence-electron chi connectivity index (χ1n) is 11.0. The molecule has 0 spiro atoms. The molecule has 1 heterocycles. The minimum atomic E-state index is -0.406. The number of amides is 1. The molecule has 31 heavy (non-hydrogen) atoms. The molecule has 0 bridgehead atoms. The van der Waals surface area contributed by atoms with Gasteiger partial charge in [-0.15, -0.1) is 11.8 Å². The number of nitrogens with one attached hydrogen (secondary N) is 2. The summed E-state index contributed by atoms with van der Waals surface area (Å²) in [5.41, 5.74) is 0.986. The van der Waals surface area contributed by atoms with Crippen molar-refractivity contribution in [2.45, 2.75) is 63.6 Å². The number of likely N-dealkylation sites (N-methyl/N-ethyl adjacent to an activating group) is 1. The SMILES string of the molecule is CN1CSC[C@H]1C(=O)N[C@H](CCC1CCCCC1)C(=S)NCc1ccc([N+](=O)[O-])cc1. The standard InChI is InChI=1S/C22H32N4O3S2/c1-25-15-31-14-20(25)21(27)24-19(12-9-16-5-3-2-4-6-16)22(30)23-13-17-7-10-18(11-8-17)26(28)29/h7-8,10-11,16,19-20H,2-6,9,12-15H2,1H3,(H,23,30)(H,24,27)/t19-,20+/m1/s1. The summed E-state index contributed by atoms with van der Waals surface area (Å²) in [5, 5.41) is 17.3. The highest BCUT2D eigenvalue weighted by atomic mass is 32.2. The van der Waals surface area contributed by atoms with Gasteiger partial charge in [0.05, 0.1) is 22.0 Å². The number of nitrogens with zero attached hydrogens (tertiary/aromatic N) is 2. The molecule has 2 fully saturated rings. The maximum Gasteiger partial charge on any atom is 0.269 e. The van der Waals surface area contributed by atoms with Crippen molar-refractivity contribution >= 4 is 40.6 Å². The van der Waals surface area contributed by atoms with Gasteiger partial charge in [-0.2, -0.15) is 0 Å². The van der Waals surface area contributed by atoms with Gasteiger partial charge in [-0.3, -0.25) is 19.8 Å². The lowest BCUT2D eigenvalue weighted by atomic mass is 9.85. The van der Waals surface area contributed by atoms with E-state index in [1.165, 1.54) is 44.2 Å². The van der Waals surface area contributed by atoms with Crippen LogP contribution < -0.4 is 10.6 Å². The maximum absolute atomic E-state index is 12.9. The summed E-state index contributed by atoms with van der Waals surface area (Å²) in [6, 6.07) is 6.15. The number of carbonyl (C=O) groups excluding carboxylic acids is 1. The summed E-state index contributed by atoms with van der Waals surface area (Å²) in [6.45, 7) is 0.478. The van der Waals surface area contributed by atoms with Crippen molar-refractivity contribution < 1.29 is 9.72 Å². The molecular weight excluding hydrogens is 432 g/mol. The lowest BCUT2D eigenvalue weighted by molar-refractivity contribution is -0.384. The number of non-ortho nitro benzene ring substituents is 1. The highest BCUT2D eigenvalue weighted by molar-refractivity contribution is 7.99. The van der Waals surface area contributed by atoms with E-state index in [2.05, 4.69) is 15.5 Å². The van der Waals surface area contributed by atoms with Crippen LogP contribution in [0.15, 0.2) is 24.3 Å². The smallest absolute Gasteiger partial charge is 0.269 e. The van der Waals surface area contributed by atoms with Gasteiger partial charge in [-0.25, -0.2) is 0 Å². The number of thiocarbonyl (C=S) groups is 1. The van der Waals surface area contributed by atoms with Crippen LogP contribution in [0.5, 0.6) is 0 Å². The molecule has 3 rings (SSSR count). The van der Waals surface area contributed by atoms with Crippen molar-refractivity contribution in [3.05, 3.63) is 39.9 Å². The second-order valence-corrected chi connectivity index (χ2v) is 10.00. The Kier molecular flexibility index (Phi) is 9.10. The average molecular weight is 465 g/mol. The molecule has 1 aromatic carbocycles. The molecule has 7 nitrogen and oxygen atoms in total. The molecule has 1 aliphatic heterocycles. The second kappa shape index (κ2) is 11.8. The fraction of sp³-hybridized carbons (Fsp3) is 0.636. The van der Waals surface area contributed by atoms with E-state index >= 15 is 0 Å². The molecular formula is C22H32N4O3S2. The van der Waals surface area contributed by atoms with Crippen LogP contribution in [0.2, 0.25) is 0 Å². The van der Waals surface area contributed by atoms with Crippen molar-refractivity contribution in [2.75, 3.05) is 18.7 Å². The zero-order chi connectivity index (χ0) is 22.2. The summed E-state index contributed by atoms with van der Waals surface area (Å²) in [7, 11) is 1.98. The Morgan fingerprint density at radius 2 is 2.00 bits per heavy atom. The first-order chi connectivity index (χ1) is 14.9. The summed E-state index contributed by atoms with van der Waals surface area (Å²) in [5.74, 6) is 2.44. The van der Waals surface area contributed by atoms with Crippen molar-refractivity contribution in [3.63, 3.8) is 0 Å². The first kappa shape index (κ1) is 23.9. The van der Waals surface area contributed by atoms with Crippen LogP contribution in [-0.4, -0.2) is 51.5 Å². The molecule has 0 aromatic heterocycles. The highest BCUT2D eigenvalue weighted by Gasteiger charge is 2.30. The zero-order valence-electron chi connectivity index (χ0n) is 18.0. The maximum atomic E-state index is 12.9. The van der Waals surface area contributed by atoms with Gasteiger partial charge in [0.1, 0.15) is 0 Å². The lowest BCUT2D eigenvalue weighted by Gasteiger charge is -2.27. The predicted molar refractivity (Wildman–Crippen MR) is 129 cm³/mol. The van der Waals surface area contributed by atoms with Gasteiger partial charge in [0.25, 0.3) is 5.69 Å². The van der Waals surface area contributed by atoms with Gasteiger partial charge in [0, 0.05) is 30.3 Å². The monoisotopic (exact) mass is 464 g/mol. The number of nitro groups is 1. The Morgan fingerprint density at radius 3 is 2.61 bits per heavy atom. The fourth-order valence-corrected chi connectivity index (χ4v) is 5.72. The van der Waals surface area contributed by atoms with E-state index in [1.807, 2.05) is 7.05 Å². The molecule has 1 aromatic rings. The van der Waals surface area contributed by atoms with Gasteiger partial charge in [-0.05, 0) is 31.4 Å². The quantitative estimate of drug-likeness (QED) is 0.326. The molecule has 9 heteroatoms. The molecule has 1 saturated carbocycles. The van der Waals surface area contributed by atoms with Gasteiger partial charge in [0.2, 0.25) is 5.91 Å². The van der Waals surface area contributed by atoms with Crippen LogP contribution in [0.25, 0.3) is 0 Å². The average Bonchev–Trinajstić information content (AvgIpc) is 3.21. The Bertz CT molecular complexity index is 769. The minimum absolute atomic E-state index is 0.0423. The number of nitro benzene ring substituents is 1. The zero-order valence-corrected chi connectivity index (χ0v) is 19.7. The third-order valence-corrected chi connectivity index (χ3v) is 7.81.